The van der Waals surface area contributed by atoms with E-state index in [1.54, 1.807) is 0 Å². The fourth-order valence-corrected chi connectivity index (χ4v) is 2.75. The zero-order valence-corrected chi connectivity index (χ0v) is 12.6. The number of hydrogen-bond donors (Lipinski definition) is 1. The van der Waals surface area contributed by atoms with E-state index < -0.39 is 0 Å². The molecule has 108 valence electrons. The molecule has 2 heterocycles. The zero-order valence-electron chi connectivity index (χ0n) is 12.6. The summed E-state index contributed by atoms with van der Waals surface area (Å²) in [7, 11) is 0. The Kier molecular flexibility index (Phi) is 5.25. The standard InChI is InChI=1S/C15H28N4/c1-13(2)11-19-9-6-16-15(19)17-10-14(3)12-18-7-4-5-8-18/h6,9,13-14H,4-5,7-8,10-12H2,1-3H3,(H,16,17). The van der Waals surface area contributed by atoms with Crippen molar-refractivity contribution in [1.29, 1.82) is 0 Å². The maximum absolute atomic E-state index is 4.41. The monoisotopic (exact) mass is 264 g/mol. The summed E-state index contributed by atoms with van der Waals surface area (Å²) in [4.78, 5) is 6.99. The summed E-state index contributed by atoms with van der Waals surface area (Å²) in [5.74, 6) is 2.33. The number of hydrogen-bond acceptors (Lipinski definition) is 3. The van der Waals surface area contributed by atoms with Crippen LogP contribution in [0.2, 0.25) is 0 Å². The molecule has 0 spiro atoms. The molecule has 1 N–H and O–H groups in total. The molecular weight excluding hydrogens is 236 g/mol. The van der Waals surface area contributed by atoms with Crippen LogP contribution in [0.5, 0.6) is 0 Å². The molecule has 1 aromatic rings. The molecule has 0 saturated carbocycles. The van der Waals surface area contributed by atoms with Gasteiger partial charge in [-0.25, -0.2) is 4.98 Å². The summed E-state index contributed by atoms with van der Waals surface area (Å²) in [5.41, 5.74) is 0. The number of nitrogens with zero attached hydrogens (tertiary/aromatic N) is 3. The Hall–Kier alpha value is -1.03. The van der Waals surface area contributed by atoms with Gasteiger partial charge in [0, 0.05) is 32.0 Å². The van der Waals surface area contributed by atoms with Gasteiger partial charge in [0.05, 0.1) is 0 Å². The minimum atomic E-state index is 0.650. The molecule has 2 rings (SSSR count). The van der Waals surface area contributed by atoms with Gasteiger partial charge in [0.15, 0.2) is 0 Å². The number of nitrogens with one attached hydrogen (secondary N) is 1. The number of rotatable bonds is 7. The van der Waals surface area contributed by atoms with E-state index in [4.69, 9.17) is 0 Å². The van der Waals surface area contributed by atoms with Gasteiger partial charge in [-0.1, -0.05) is 20.8 Å². The van der Waals surface area contributed by atoms with Gasteiger partial charge in [-0.05, 0) is 37.8 Å². The van der Waals surface area contributed by atoms with Crippen LogP contribution in [-0.2, 0) is 6.54 Å². The quantitative estimate of drug-likeness (QED) is 0.822. The highest BCUT2D eigenvalue weighted by Crippen LogP contribution is 2.12. The van der Waals surface area contributed by atoms with Crippen LogP contribution in [0, 0.1) is 11.8 Å². The fourth-order valence-electron chi connectivity index (χ4n) is 2.75. The second-order valence-electron chi connectivity index (χ2n) is 6.29. The highest BCUT2D eigenvalue weighted by atomic mass is 15.2. The lowest BCUT2D eigenvalue weighted by molar-refractivity contribution is 0.294. The van der Waals surface area contributed by atoms with Gasteiger partial charge in [-0.3, -0.25) is 0 Å². The molecule has 0 bridgehead atoms. The van der Waals surface area contributed by atoms with Gasteiger partial charge < -0.3 is 14.8 Å². The summed E-state index contributed by atoms with van der Waals surface area (Å²) >= 11 is 0. The Labute approximate surface area is 117 Å². The molecule has 1 aromatic heterocycles. The number of likely N-dealkylation sites (tertiary alicyclic amines) is 1. The third-order valence-electron chi connectivity index (χ3n) is 3.65. The van der Waals surface area contributed by atoms with Crippen molar-refractivity contribution in [3.63, 3.8) is 0 Å². The van der Waals surface area contributed by atoms with E-state index >= 15 is 0 Å². The molecule has 1 saturated heterocycles. The molecule has 0 radical (unpaired) electrons. The van der Waals surface area contributed by atoms with Crippen LogP contribution in [0.4, 0.5) is 5.95 Å². The molecule has 1 aliphatic rings. The Morgan fingerprint density at radius 3 is 2.63 bits per heavy atom. The lowest BCUT2D eigenvalue weighted by Gasteiger charge is -2.21. The van der Waals surface area contributed by atoms with Crippen LogP contribution in [0.15, 0.2) is 12.4 Å². The molecule has 4 nitrogen and oxygen atoms in total. The normalized spacial score (nSPS) is 18.1. The van der Waals surface area contributed by atoms with Crippen molar-refractivity contribution >= 4 is 5.95 Å². The molecule has 0 amide bonds. The minimum Gasteiger partial charge on any atom is -0.355 e. The molecule has 0 aromatic carbocycles. The minimum absolute atomic E-state index is 0.650. The predicted octanol–water partition coefficient (Wildman–Crippen LogP) is 2.68. The molecule has 1 unspecified atom stereocenters. The SMILES string of the molecule is CC(C)Cn1ccnc1NCC(C)CN1CCCC1. The molecule has 4 heteroatoms. The average Bonchev–Trinajstić information content (AvgIpc) is 2.97. The molecular formula is C15H28N4. The second-order valence-corrected chi connectivity index (χ2v) is 6.29. The van der Waals surface area contributed by atoms with E-state index in [1.165, 1.54) is 32.5 Å². The maximum atomic E-state index is 4.41. The van der Waals surface area contributed by atoms with Crippen LogP contribution in [0.25, 0.3) is 0 Å². The number of imidazole rings is 1. The molecule has 19 heavy (non-hydrogen) atoms. The summed E-state index contributed by atoms with van der Waals surface area (Å²) < 4.78 is 2.22. The second kappa shape index (κ2) is 6.94. The van der Waals surface area contributed by atoms with Crippen LogP contribution in [0.1, 0.15) is 33.6 Å². The summed E-state index contributed by atoms with van der Waals surface area (Å²) in [6.07, 6.45) is 6.70. The van der Waals surface area contributed by atoms with E-state index in [-0.39, 0.29) is 0 Å². The molecule has 1 fully saturated rings. The lowest BCUT2D eigenvalue weighted by atomic mass is 10.1. The van der Waals surface area contributed by atoms with Gasteiger partial charge in [-0.2, -0.15) is 0 Å². The van der Waals surface area contributed by atoms with Gasteiger partial charge in [-0.15, -0.1) is 0 Å². The van der Waals surface area contributed by atoms with Crippen molar-refractivity contribution < 1.29 is 0 Å². The maximum Gasteiger partial charge on any atom is 0.202 e. The van der Waals surface area contributed by atoms with Crippen molar-refractivity contribution in [3.05, 3.63) is 12.4 Å². The highest BCUT2D eigenvalue weighted by molar-refractivity contribution is 5.25. The van der Waals surface area contributed by atoms with E-state index in [0.29, 0.717) is 11.8 Å². The topological polar surface area (TPSA) is 33.1 Å². The number of aromatic nitrogens is 2. The smallest absolute Gasteiger partial charge is 0.202 e. The lowest BCUT2D eigenvalue weighted by Crippen LogP contribution is -2.29. The van der Waals surface area contributed by atoms with Crippen molar-refractivity contribution in [1.82, 2.24) is 14.5 Å². The Morgan fingerprint density at radius 2 is 1.95 bits per heavy atom. The van der Waals surface area contributed by atoms with Crippen molar-refractivity contribution in [2.24, 2.45) is 11.8 Å². The average molecular weight is 264 g/mol. The van der Waals surface area contributed by atoms with Crippen molar-refractivity contribution in [2.45, 2.75) is 40.2 Å². The van der Waals surface area contributed by atoms with E-state index in [2.05, 4.69) is 46.7 Å². The first-order chi connectivity index (χ1) is 9.15. The van der Waals surface area contributed by atoms with Crippen LogP contribution in [0.3, 0.4) is 0 Å². The zero-order chi connectivity index (χ0) is 13.7. The van der Waals surface area contributed by atoms with Crippen LogP contribution < -0.4 is 5.32 Å². The van der Waals surface area contributed by atoms with Crippen LogP contribution in [-0.4, -0.2) is 40.6 Å². The first kappa shape index (κ1) is 14.4. The predicted molar refractivity (Wildman–Crippen MR) is 80.4 cm³/mol. The Bertz CT molecular complexity index is 366. The molecule has 1 atom stereocenters. The first-order valence-electron chi connectivity index (χ1n) is 7.62. The van der Waals surface area contributed by atoms with E-state index in [0.717, 1.165) is 19.0 Å². The highest BCUT2D eigenvalue weighted by Gasteiger charge is 2.15. The van der Waals surface area contributed by atoms with Gasteiger partial charge in [0.2, 0.25) is 5.95 Å². The molecule has 0 aliphatic carbocycles. The van der Waals surface area contributed by atoms with Gasteiger partial charge in [0.1, 0.15) is 0 Å². The third kappa shape index (κ3) is 4.53. The summed E-state index contributed by atoms with van der Waals surface area (Å²) in [6.45, 7) is 12.6. The third-order valence-corrected chi connectivity index (χ3v) is 3.65. The van der Waals surface area contributed by atoms with Crippen molar-refractivity contribution in [3.8, 4) is 0 Å². The largest absolute Gasteiger partial charge is 0.355 e. The number of anilines is 1. The van der Waals surface area contributed by atoms with E-state index in [1.807, 2.05) is 6.20 Å². The Balaban J connectivity index is 1.76. The van der Waals surface area contributed by atoms with E-state index in [9.17, 15) is 0 Å². The summed E-state index contributed by atoms with van der Waals surface area (Å²) in [6, 6.07) is 0. The van der Waals surface area contributed by atoms with Gasteiger partial charge >= 0.3 is 0 Å². The molecule has 1 aliphatic heterocycles. The van der Waals surface area contributed by atoms with Crippen molar-refractivity contribution in [2.75, 3.05) is 31.5 Å². The summed E-state index contributed by atoms with van der Waals surface area (Å²) in [5, 5.41) is 3.50. The van der Waals surface area contributed by atoms with Crippen LogP contribution >= 0.6 is 0 Å². The first-order valence-corrected chi connectivity index (χ1v) is 7.62. The Morgan fingerprint density at radius 1 is 1.21 bits per heavy atom. The fraction of sp³-hybridized carbons (Fsp3) is 0.800. The van der Waals surface area contributed by atoms with Gasteiger partial charge in [0.25, 0.3) is 0 Å².